The average Bonchev–Trinajstić information content (AvgIpc) is 3.35. The van der Waals surface area contributed by atoms with E-state index in [0.29, 0.717) is 37.4 Å². The number of fused-ring (bicyclic) bond motifs is 1. The summed E-state index contributed by atoms with van der Waals surface area (Å²) in [5.41, 5.74) is 3.45. The molecule has 8 nitrogen and oxygen atoms in total. The van der Waals surface area contributed by atoms with Crippen LogP contribution in [0.3, 0.4) is 0 Å². The van der Waals surface area contributed by atoms with Gasteiger partial charge in [-0.15, -0.1) is 11.3 Å². The van der Waals surface area contributed by atoms with Gasteiger partial charge in [0.25, 0.3) is 5.91 Å². The number of aryl methyl sites for hydroxylation is 1. The van der Waals surface area contributed by atoms with E-state index in [9.17, 15) is 9.59 Å². The molecule has 1 aromatic carbocycles. The molecule has 3 aromatic rings. The molecule has 0 aliphatic carbocycles. The lowest BCUT2D eigenvalue weighted by molar-refractivity contribution is 0.0754. The van der Waals surface area contributed by atoms with E-state index in [1.54, 1.807) is 24.6 Å². The van der Waals surface area contributed by atoms with E-state index in [0.717, 1.165) is 28.4 Å². The van der Waals surface area contributed by atoms with Gasteiger partial charge in [0.05, 0.1) is 11.3 Å². The number of amides is 2. The minimum Gasteiger partial charge on any atom is -0.485 e. The molecule has 0 fully saturated rings. The molecule has 2 amide bonds. The van der Waals surface area contributed by atoms with Gasteiger partial charge in [-0.2, -0.15) is 0 Å². The van der Waals surface area contributed by atoms with Crippen molar-refractivity contribution in [3.63, 3.8) is 0 Å². The molecule has 3 heterocycles. The predicted molar refractivity (Wildman–Crippen MR) is 136 cm³/mol. The number of carbonyl (C=O) groups is 2. The first-order valence-electron chi connectivity index (χ1n) is 11.5. The van der Waals surface area contributed by atoms with Gasteiger partial charge in [0.2, 0.25) is 0 Å². The Kier molecular flexibility index (Phi) is 7.55. The van der Waals surface area contributed by atoms with Crippen LogP contribution in [0.4, 0.5) is 10.5 Å². The summed E-state index contributed by atoms with van der Waals surface area (Å²) in [5.74, 6) is 0.689. The van der Waals surface area contributed by atoms with Crippen LogP contribution in [0.2, 0.25) is 0 Å². The van der Waals surface area contributed by atoms with E-state index in [1.807, 2.05) is 66.7 Å². The van der Waals surface area contributed by atoms with E-state index >= 15 is 0 Å². The Bertz CT molecular complexity index is 1170. The zero-order valence-electron chi connectivity index (χ0n) is 20.2. The number of rotatable bonds is 8. The number of benzene rings is 1. The highest BCUT2D eigenvalue weighted by Gasteiger charge is 2.25. The Morgan fingerprint density at radius 1 is 1.26 bits per heavy atom. The van der Waals surface area contributed by atoms with Crippen LogP contribution in [-0.2, 0) is 6.54 Å². The van der Waals surface area contributed by atoms with Gasteiger partial charge < -0.3 is 24.5 Å². The molecule has 0 saturated carbocycles. The Labute approximate surface area is 209 Å². The van der Waals surface area contributed by atoms with Crippen LogP contribution in [0.5, 0.6) is 5.75 Å². The molecule has 2 aromatic heterocycles. The molecule has 35 heavy (non-hydrogen) atoms. The Hall–Kier alpha value is -3.59. The molecule has 1 atom stereocenters. The van der Waals surface area contributed by atoms with Crippen molar-refractivity contribution in [2.45, 2.75) is 26.0 Å². The van der Waals surface area contributed by atoms with E-state index in [2.05, 4.69) is 9.88 Å². The molecular weight excluding hydrogens is 464 g/mol. The number of carbonyl (C=O) groups excluding carboxylic acids is 1. The SMILES string of the molecule is Cc1cc2c(cn1)C(=O)N(Cc1ccc(O[C@@H](CCN(C)C(=O)O)c3cccs3)cc1)CCN2C. The molecule has 9 heteroatoms. The van der Waals surface area contributed by atoms with Crippen LogP contribution in [0.15, 0.2) is 54.0 Å². The third kappa shape index (κ3) is 5.92. The molecule has 1 N–H and O–H groups in total. The van der Waals surface area contributed by atoms with Crippen LogP contribution >= 0.6 is 11.3 Å². The fraction of sp³-hybridized carbons (Fsp3) is 0.346. The first kappa shape index (κ1) is 24.5. The van der Waals surface area contributed by atoms with Crippen LogP contribution in [-0.4, -0.2) is 65.6 Å². The van der Waals surface area contributed by atoms with Gasteiger partial charge in [-0.25, -0.2) is 4.79 Å². The number of hydrogen-bond acceptors (Lipinski definition) is 6. The molecule has 184 valence electrons. The highest BCUT2D eigenvalue weighted by Crippen LogP contribution is 2.29. The Balaban J connectivity index is 1.44. The van der Waals surface area contributed by atoms with Crippen LogP contribution < -0.4 is 9.64 Å². The second-order valence-electron chi connectivity index (χ2n) is 8.75. The van der Waals surface area contributed by atoms with Gasteiger partial charge in [0.1, 0.15) is 11.9 Å². The van der Waals surface area contributed by atoms with Gasteiger partial charge in [-0.05, 0) is 42.1 Å². The lowest BCUT2D eigenvalue weighted by Crippen LogP contribution is -2.33. The molecule has 0 unspecified atom stereocenters. The summed E-state index contributed by atoms with van der Waals surface area (Å²) < 4.78 is 6.24. The van der Waals surface area contributed by atoms with E-state index in [1.165, 1.54) is 4.90 Å². The first-order chi connectivity index (χ1) is 16.8. The molecule has 4 rings (SSSR count). The quantitative estimate of drug-likeness (QED) is 0.490. The number of nitrogens with zero attached hydrogens (tertiary/aromatic N) is 4. The zero-order chi connectivity index (χ0) is 24.9. The number of anilines is 1. The molecule has 0 saturated heterocycles. The van der Waals surface area contributed by atoms with Gasteiger partial charge in [0.15, 0.2) is 0 Å². The molecule has 0 spiro atoms. The fourth-order valence-corrected chi connectivity index (χ4v) is 4.83. The highest BCUT2D eigenvalue weighted by molar-refractivity contribution is 7.10. The Morgan fingerprint density at radius 2 is 2.03 bits per heavy atom. The number of aromatic nitrogens is 1. The summed E-state index contributed by atoms with van der Waals surface area (Å²) in [6.07, 6.45) is 1.03. The number of carboxylic acid groups (broad SMARTS) is 1. The van der Waals surface area contributed by atoms with Gasteiger partial charge in [-0.1, -0.05) is 18.2 Å². The molecule has 1 aliphatic rings. The lowest BCUT2D eigenvalue weighted by Gasteiger charge is -2.22. The molecular formula is C26H30N4O4S. The summed E-state index contributed by atoms with van der Waals surface area (Å²) in [7, 11) is 3.56. The van der Waals surface area contributed by atoms with Gasteiger partial charge in [-0.3, -0.25) is 9.78 Å². The van der Waals surface area contributed by atoms with Crippen LogP contribution in [0.25, 0.3) is 0 Å². The standard InChI is InChI=1S/C26H30N4O4S/c1-18-15-22-21(16-27-18)25(31)30(13-12-28(22)2)17-19-6-8-20(9-7-19)34-23(24-5-4-14-35-24)10-11-29(3)26(32)33/h4-9,14-16,23H,10-13,17H2,1-3H3,(H,32,33)/t23-/m0/s1. The van der Waals surface area contributed by atoms with Crippen molar-refractivity contribution < 1.29 is 19.4 Å². The van der Waals surface area contributed by atoms with Gasteiger partial charge in [0, 0.05) is 63.5 Å². The topological polar surface area (TPSA) is 86.2 Å². The second kappa shape index (κ2) is 10.8. The number of pyridine rings is 1. The largest absolute Gasteiger partial charge is 0.485 e. The number of hydrogen-bond donors (Lipinski definition) is 1. The van der Waals surface area contributed by atoms with E-state index in [4.69, 9.17) is 9.84 Å². The van der Waals surface area contributed by atoms with Crippen molar-refractivity contribution in [1.82, 2.24) is 14.8 Å². The third-order valence-electron chi connectivity index (χ3n) is 6.14. The summed E-state index contributed by atoms with van der Waals surface area (Å²) in [5, 5.41) is 11.1. The average molecular weight is 495 g/mol. The highest BCUT2D eigenvalue weighted by atomic mass is 32.1. The van der Waals surface area contributed by atoms with Crippen molar-refractivity contribution in [3.8, 4) is 5.75 Å². The summed E-state index contributed by atoms with van der Waals surface area (Å²) >= 11 is 1.59. The molecule has 0 radical (unpaired) electrons. The van der Waals surface area contributed by atoms with Gasteiger partial charge >= 0.3 is 6.09 Å². The summed E-state index contributed by atoms with van der Waals surface area (Å²) in [6, 6.07) is 13.7. The number of thiophene rings is 1. The Morgan fingerprint density at radius 3 is 2.71 bits per heavy atom. The van der Waals surface area contributed by atoms with Crippen molar-refractivity contribution in [3.05, 3.63) is 75.7 Å². The maximum Gasteiger partial charge on any atom is 0.407 e. The monoisotopic (exact) mass is 494 g/mol. The normalized spacial score (nSPS) is 14.3. The van der Waals surface area contributed by atoms with Crippen LogP contribution in [0, 0.1) is 6.92 Å². The predicted octanol–water partition coefficient (Wildman–Crippen LogP) is 4.66. The van der Waals surface area contributed by atoms with Crippen molar-refractivity contribution in [2.24, 2.45) is 0 Å². The zero-order valence-corrected chi connectivity index (χ0v) is 21.0. The smallest absolute Gasteiger partial charge is 0.407 e. The minimum absolute atomic E-state index is 0.0162. The maximum atomic E-state index is 13.2. The molecule has 0 bridgehead atoms. The second-order valence-corrected chi connectivity index (χ2v) is 9.73. The number of ether oxygens (including phenoxy) is 1. The maximum absolute atomic E-state index is 13.2. The number of likely N-dealkylation sites (N-methyl/N-ethyl adjacent to an activating group) is 1. The fourth-order valence-electron chi connectivity index (χ4n) is 4.04. The lowest BCUT2D eigenvalue weighted by atomic mass is 10.1. The molecule has 1 aliphatic heterocycles. The summed E-state index contributed by atoms with van der Waals surface area (Å²) in [6.45, 7) is 4.17. The van der Waals surface area contributed by atoms with Crippen molar-refractivity contribution in [1.29, 1.82) is 0 Å². The van der Waals surface area contributed by atoms with Crippen LogP contribution in [0.1, 0.15) is 39.0 Å². The minimum atomic E-state index is -0.956. The summed E-state index contributed by atoms with van der Waals surface area (Å²) in [4.78, 5) is 35.0. The van der Waals surface area contributed by atoms with Crippen molar-refractivity contribution >= 4 is 29.0 Å². The van der Waals surface area contributed by atoms with E-state index in [-0.39, 0.29) is 12.0 Å². The van der Waals surface area contributed by atoms with E-state index < -0.39 is 6.09 Å². The first-order valence-corrected chi connectivity index (χ1v) is 12.4. The third-order valence-corrected chi connectivity index (χ3v) is 7.11. The van der Waals surface area contributed by atoms with Crippen molar-refractivity contribution in [2.75, 3.05) is 38.6 Å².